The Hall–Kier alpha value is -2.29. The lowest BCUT2D eigenvalue weighted by Crippen LogP contribution is -2.14. The van der Waals surface area contributed by atoms with Crippen molar-refractivity contribution in [3.05, 3.63) is 0 Å². The number of hydrogen-bond donors (Lipinski definition) is 3. The Labute approximate surface area is 120 Å². The summed E-state index contributed by atoms with van der Waals surface area (Å²) in [6.07, 6.45) is -1.37. The smallest absolute Gasteiger partial charge is 0.314 e. The molecule has 0 fully saturated rings. The van der Waals surface area contributed by atoms with Crippen LogP contribution in [0.3, 0.4) is 0 Å². The molecular formula is C12H18O9. The first-order chi connectivity index (χ1) is 9.72. The summed E-state index contributed by atoms with van der Waals surface area (Å²) in [5, 5.41) is 24.7. The molecule has 0 amide bonds. The number of esters is 2. The van der Waals surface area contributed by atoms with Crippen LogP contribution in [0.15, 0.2) is 0 Å². The minimum atomic E-state index is -1.18. The van der Waals surface area contributed by atoms with Crippen LogP contribution in [0.5, 0.6) is 0 Å². The van der Waals surface area contributed by atoms with Crippen molar-refractivity contribution in [3.63, 3.8) is 0 Å². The number of aldehydes is 1. The van der Waals surface area contributed by atoms with Gasteiger partial charge in [-0.25, -0.2) is 0 Å². The molecule has 0 rings (SSSR count). The molecule has 0 heterocycles. The van der Waals surface area contributed by atoms with Gasteiger partial charge in [0.25, 0.3) is 0 Å². The molecule has 0 saturated carbocycles. The van der Waals surface area contributed by atoms with Crippen molar-refractivity contribution in [2.24, 2.45) is 0 Å². The van der Waals surface area contributed by atoms with Gasteiger partial charge < -0.3 is 24.9 Å². The average molecular weight is 306 g/mol. The fourth-order valence-electron chi connectivity index (χ4n) is 0.743. The molecule has 0 aliphatic heterocycles. The molecule has 0 radical (unpaired) electrons. The van der Waals surface area contributed by atoms with Crippen LogP contribution in [0.1, 0.15) is 39.0 Å². The number of aliphatic carboxylic acids is 2. The molecule has 9 heteroatoms. The number of carbonyl (C=O) groups excluding carboxylic acids is 3. The SMILES string of the molecule is CCC(O)C=O.O=C(O)CCC(=O)OC(=O)CCC(=O)O. The van der Waals surface area contributed by atoms with E-state index in [0.29, 0.717) is 12.7 Å². The van der Waals surface area contributed by atoms with Crippen LogP contribution < -0.4 is 0 Å². The number of aliphatic hydroxyl groups excluding tert-OH is 1. The summed E-state index contributed by atoms with van der Waals surface area (Å²) in [6, 6.07) is 0. The fraction of sp³-hybridized carbons (Fsp3) is 0.583. The van der Waals surface area contributed by atoms with Gasteiger partial charge in [0.1, 0.15) is 12.4 Å². The van der Waals surface area contributed by atoms with Crippen molar-refractivity contribution in [3.8, 4) is 0 Å². The Morgan fingerprint density at radius 3 is 1.52 bits per heavy atom. The van der Waals surface area contributed by atoms with Gasteiger partial charge in [0, 0.05) is 0 Å². The number of carboxylic acids is 2. The molecule has 0 bridgehead atoms. The highest BCUT2D eigenvalue weighted by molar-refractivity contribution is 5.88. The van der Waals surface area contributed by atoms with Gasteiger partial charge in [-0.2, -0.15) is 0 Å². The molecule has 0 aromatic rings. The van der Waals surface area contributed by atoms with E-state index in [-0.39, 0.29) is 0 Å². The van der Waals surface area contributed by atoms with Crippen molar-refractivity contribution >= 4 is 30.2 Å². The molecular weight excluding hydrogens is 288 g/mol. The maximum atomic E-state index is 10.7. The van der Waals surface area contributed by atoms with E-state index in [1.54, 1.807) is 6.92 Å². The third-order valence-corrected chi connectivity index (χ3v) is 1.89. The number of rotatable bonds is 8. The van der Waals surface area contributed by atoms with Gasteiger partial charge in [-0.1, -0.05) is 6.92 Å². The third kappa shape index (κ3) is 17.7. The molecule has 0 spiro atoms. The van der Waals surface area contributed by atoms with E-state index in [4.69, 9.17) is 15.3 Å². The molecule has 21 heavy (non-hydrogen) atoms. The summed E-state index contributed by atoms with van der Waals surface area (Å²) in [7, 11) is 0. The van der Waals surface area contributed by atoms with Crippen molar-refractivity contribution < 1.29 is 44.0 Å². The lowest BCUT2D eigenvalue weighted by Gasteiger charge is -1.99. The molecule has 0 aromatic carbocycles. The first-order valence-electron chi connectivity index (χ1n) is 6.03. The Bertz CT molecular complexity index is 347. The number of carbonyl (C=O) groups is 5. The predicted octanol–water partition coefficient (Wildman–Crippen LogP) is -0.258. The molecule has 1 atom stereocenters. The first-order valence-corrected chi connectivity index (χ1v) is 6.03. The van der Waals surface area contributed by atoms with Crippen LogP contribution in [0.2, 0.25) is 0 Å². The maximum absolute atomic E-state index is 10.7. The van der Waals surface area contributed by atoms with E-state index in [0.717, 1.165) is 0 Å². The maximum Gasteiger partial charge on any atom is 0.314 e. The first kappa shape index (κ1) is 21.0. The van der Waals surface area contributed by atoms with Crippen molar-refractivity contribution in [2.75, 3.05) is 0 Å². The number of carboxylic acid groups (broad SMARTS) is 2. The fourth-order valence-corrected chi connectivity index (χ4v) is 0.743. The van der Waals surface area contributed by atoms with E-state index in [1.807, 2.05) is 0 Å². The minimum Gasteiger partial charge on any atom is -0.481 e. The quantitative estimate of drug-likeness (QED) is 0.312. The van der Waals surface area contributed by atoms with Gasteiger partial charge in [-0.3, -0.25) is 19.2 Å². The van der Waals surface area contributed by atoms with Crippen molar-refractivity contribution in [1.82, 2.24) is 0 Å². The second-order valence-electron chi connectivity index (χ2n) is 3.75. The van der Waals surface area contributed by atoms with E-state index in [9.17, 15) is 24.0 Å². The highest BCUT2D eigenvalue weighted by Crippen LogP contribution is 1.97. The summed E-state index contributed by atoms with van der Waals surface area (Å²) >= 11 is 0. The Balaban J connectivity index is 0. The van der Waals surface area contributed by atoms with Gasteiger partial charge >= 0.3 is 23.9 Å². The second-order valence-corrected chi connectivity index (χ2v) is 3.75. The van der Waals surface area contributed by atoms with Crippen LogP contribution in [0, 0.1) is 0 Å². The molecule has 0 aliphatic rings. The van der Waals surface area contributed by atoms with E-state index in [2.05, 4.69) is 4.74 Å². The third-order valence-electron chi connectivity index (χ3n) is 1.89. The van der Waals surface area contributed by atoms with Crippen molar-refractivity contribution in [2.45, 2.75) is 45.1 Å². The standard InChI is InChI=1S/C8H10O7.C4H8O2/c9-5(10)1-3-7(13)15-8(14)4-2-6(11)12;1-2-4(6)3-5/h1-4H2,(H,9,10)(H,11,12);3-4,6H,2H2,1H3. The number of aliphatic hydroxyl groups is 1. The zero-order valence-electron chi connectivity index (χ0n) is 11.5. The molecule has 0 saturated heterocycles. The van der Waals surface area contributed by atoms with Crippen LogP contribution in [-0.4, -0.2) is 51.6 Å². The summed E-state index contributed by atoms with van der Waals surface area (Å²) < 4.78 is 4.15. The monoisotopic (exact) mass is 306 g/mol. The van der Waals surface area contributed by atoms with Gasteiger partial charge in [-0.05, 0) is 6.42 Å². The summed E-state index contributed by atoms with van der Waals surface area (Å²) in [6.45, 7) is 1.75. The van der Waals surface area contributed by atoms with E-state index in [1.165, 1.54) is 0 Å². The Kier molecular flexibility index (Phi) is 12.7. The Morgan fingerprint density at radius 1 is 0.952 bits per heavy atom. The summed E-state index contributed by atoms with van der Waals surface area (Å²) in [5.41, 5.74) is 0. The van der Waals surface area contributed by atoms with Crippen LogP contribution in [-0.2, 0) is 28.7 Å². The van der Waals surface area contributed by atoms with Gasteiger partial charge in [0.05, 0.1) is 25.7 Å². The zero-order chi connectivity index (χ0) is 16.8. The number of ether oxygens (including phenoxy) is 1. The van der Waals surface area contributed by atoms with E-state index >= 15 is 0 Å². The van der Waals surface area contributed by atoms with Crippen molar-refractivity contribution in [1.29, 1.82) is 0 Å². The molecule has 3 N–H and O–H groups in total. The van der Waals surface area contributed by atoms with Crippen LogP contribution in [0.4, 0.5) is 0 Å². The van der Waals surface area contributed by atoms with Gasteiger partial charge in [0.15, 0.2) is 0 Å². The largest absolute Gasteiger partial charge is 0.481 e. The highest BCUT2D eigenvalue weighted by atomic mass is 16.6. The summed E-state index contributed by atoms with van der Waals surface area (Å²) in [4.78, 5) is 51.1. The number of hydrogen-bond acceptors (Lipinski definition) is 7. The Morgan fingerprint density at radius 2 is 1.33 bits per heavy atom. The zero-order valence-corrected chi connectivity index (χ0v) is 11.5. The van der Waals surface area contributed by atoms with Crippen LogP contribution >= 0.6 is 0 Å². The molecule has 120 valence electrons. The van der Waals surface area contributed by atoms with Crippen LogP contribution in [0.25, 0.3) is 0 Å². The lowest BCUT2D eigenvalue weighted by atomic mass is 10.3. The summed E-state index contributed by atoms with van der Waals surface area (Å²) in [5.74, 6) is -4.28. The normalized spacial score (nSPS) is 10.6. The van der Waals surface area contributed by atoms with E-state index < -0.39 is 55.7 Å². The average Bonchev–Trinajstić information content (AvgIpc) is 2.42. The van der Waals surface area contributed by atoms with Gasteiger partial charge in [-0.15, -0.1) is 0 Å². The van der Waals surface area contributed by atoms with Gasteiger partial charge in [0.2, 0.25) is 0 Å². The molecule has 0 aliphatic carbocycles. The highest BCUT2D eigenvalue weighted by Gasteiger charge is 2.13. The lowest BCUT2D eigenvalue weighted by molar-refractivity contribution is -0.162. The topological polar surface area (TPSA) is 155 Å². The second kappa shape index (κ2) is 12.7. The predicted molar refractivity (Wildman–Crippen MR) is 67.2 cm³/mol. The molecule has 0 aromatic heterocycles. The molecule has 1 unspecified atom stereocenters. The molecule has 9 nitrogen and oxygen atoms in total. The minimum absolute atomic E-state index is 0.409.